The second-order valence-electron chi connectivity index (χ2n) is 8.28. The van der Waals surface area contributed by atoms with Crippen molar-refractivity contribution in [1.82, 2.24) is 0 Å². The van der Waals surface area contributed by atoms with Gasteiger partial charge in [0.25, 0.3) is 0 Å². The fourth-order valence-electron chi connectivity index (χ4n) is 3.23. The third kappa shape index (κ3) is 40.3. The number of aliphatic carboxylic acids is 1. The summed E-state index contributed by atoms with van der Waals surface area (Å²) in [6.07, 6.45) is 20.2. The Morgan fingerprint density at radius 3 is 1.23 bits per heavy atom. The average Bonchev–Trinajstić information content (AvgIpc) is 2.76. The summed E-state index contributed by atoms with van der Waals surface area (Å²) in [6.45, 7) is 2.27. The van der Waals surface area contributed by atoms with E-state index in [2.05, 4.69) is 6.92 Å². The highest BCUT2D eigenvalue weighted by atomic mass is 31.2. The molecule has 0 atom stereocenters. The van der Waals surface area contributed by atoms with Gasteiger partial charge in [0.05, 0.1) is 5.56 Å². The van der Waals surface area contributed by atoms with Gasteiger partial charge in [-0.25, -0.2) is 9.36 Å². The summed E-state index contributed by atoms with van der Waals surface area (Å²) < 4.78 is 8.88. The fourth-order valence-corrected chi connectivity index (χ4v) is 3.23. The van der Waals surface area contributed by atoms with Crippen LogP contribution in [0.15, 0.2) is 30.3 Å². The average molecular weight is 535 g/mol. The quantitative estimate of drug-likeness (QED) is 0.0983. The molecule has 0 spiro atoms. The first-order valence-corrected chi connectivity index (χ1v) is 13.9. The highest BCUT2D eigenvalue weighted by Crippen LogP contribution is 2.25. The summed E-state index contributed by atoms with van der Waals surface area (Å²) in [5, 5.41) is 16.9. The maximum Gasteiger partial charge on any atom is 0.466 e. The lowest BCUT2D eigenvalue weighted by atomic mass is 10.0. The van der Waals surface area contributed by atoms with Crippen LogP contribution >= 0.6 is 7.82 Å². The summed E-state index contributed by atoms with van der Waals surface area (Å²) in [6, 6.07) is 8.30. The van der Waals surface area contributed by atoms with Crippen LogP contribution in [0.4, 0.5) is 0 Å². The van der Waals surface area contributed by atoms with Crippen molar-refractivity contribution in [3.63, 3.8) is 0 Å². The second-order valence-corrected chi connectivity index (χ2v) is 9.30. The maximum atomic E-state index is 10.3. The number of carbonyl (C=O) groups is 2. The van der Waals surface area contributed by atoms with Crippen molar-refractivity contribution in [1.29, 1.82) is 0 Å². The first-order valence-electron chi connectivity index (χ1n) is 12.4. The zero-order valence-electron chi connectivity index (χ0n) is 20.6. The Morgan fingerprint density at radius 1 is 0.657 bits per heavy atom. The molecular formula is C25H48AlO8P. The summed E-state index contributed by atoms with van der Waals surface area (Å²) in [5.74, 6) is -1.53. The van der Waals surface area contributed by atoms with Gasteiger partial charge in [0.1, 0.15) is 0 Å². The Kier molecular flexibility index (Phi) is 30.0. The van der Waals surface area contributed by atoms with Crippen LogP contribution in [0.5, 0.6) is 0 Å². The van der Waals surface area contributed by atoms with Gasteiger partial charge in [0, 0.05) is 6.42 Å². The lowest BCUT2D eigenvalue weighted by molar-refractivity contribution is -0.137. The van der Waals surface area contributed by atoms with Gasteiger partial charge in [0.15, 0.2) is 17.4 Å². The van der Waals surface area contributed by atoms with Gasteiger partial charge >= 0.3 is 19.8 Å². The van der Waals surface area contributed by atoms with Gasteiger partial charge in [-0.05, 0) is 18.6 Å². The Bertz CT molecular complexity index is 644. The number of unbranched alkanes of at least 4 members (excludes halogenated alkanes) is 14. The van der Waals surface area contributed by atoms with Gasteiger partial charge in [-0.15, -0.1) is 0 Å². The van der Waals surface area contributed by atoms with Crippen LogP contribution in [-0.2, 0) is 9.36 Å². The van der Waals surface area contributed by atoms with E-state index in [1.165, 1.54) is 83.5 Å². The Balaban J connectivity index is -0.000000559. The molecule has 0 amide bonds. The zero-order chi connectivity index (χ0) is 26.1. The van der Waals surface area contributed by atoms with Gasteiger partial charge in [0.2, 0.25) is 0 Å². The van der Waals surface area contributed by atoms with Crippen molar-refractivity contribution in [2.45, 2.75) is 110 Å². The molecule has 0 radical (unpaired) electrons. The Labute approximate surface area is 221 Å². The minimum Gasteiger partial charge on any atom is -0.481 e. The normalized spacial score (nSPS) is 10.2. The van der Waals surface area contributed by atoms with Crippen LogP contribution in [-0.4, -0.2) is 54.2 Å². The molecule has 0 aliphatic carbocycles. The number of phosphoric acid groups is 1. The molecule has 0 aliphatic rings. The molecule has 0 heterocycles. The van der Waals surface area contributed by atoms with Gasteiger partial charge in [-0.3, -0.25) is 4.79 Å². The van der Waals surface area contributed by atoms with Crippen molar-refractivity contribution in [2.24, 2.45) is 0 Å². The first kappa shape index (κ1) is 38.3. The SMILES string of the molecule is CCCCCCCCCCCCCCCCCC(=O)O.O=C(O)c1ccccc1.O=P(O)(O)O.[AlH3]. The molecule has 0 saturated heterocycles. The number of carboxylic acid groups (broad SMARTS) is 2. The van der Waals surface area contributed by atoms with Gasteiger partial charge in [-0.2, -0.15) is 0 Å². The summed E-state index contributed by atoms with van der Waals surface area (Å²) in [7, 11) is -4.64. The largest absolute Gasteiger partial charge is 0.481 e. The van der Waals surface area contributed by atoms with Crippen LogP contribution in [0.2, 0.25) is 0 Å². The minimum atomic E-state index is -4.64. The Morgan fingerprint density at radius 2 is 0.971 bits per heavy atom. The molecule has 0 bridgehead atoms. The lowest BCUT2D eigenvalue weighted by Gasteiger charge is -2.03. The molecule has 204 valence electrons. The molecule has 0 fully saturated rings. The van der Waals surface area contributed by atoms with E-state index >= 15 is 0 Å². The summed E-state index contributed by atoms with van der Waals surface area (Å²) in [5.41, 5.74) is 0.331. The van der Waals surface area contributed by atoms with Gasteiger partial charge < -0.3 is 24.9 Å². The van der Waals surface area contributed by atoms with Crippen molar-refractivity contribution < 1.29 is 39.0 Å². The van der Waals surface area contributed by atoms with Crippen molar-refractivity contribution >= 4 is 37.1 Å². The molecule has 1 aromatic carbocycles. The second kappa shape index (κ2) is 27.4. The smallest absolute Gasteiger partial charge is 0.466 e. The molecule has 0 unspecified atom stereocenters. The fraction of sp³-hybridized carbons (Fsp3) is 0.680. The monoisotopic (exact) mass is 534 g/mol. The molecule has 8 nitrogen and oxygen atoms in total. The van der Waals surface area contributed by atoms with Crippen molar-refractivity contribution in [2.75, 3.05) is 0 Å². The number of hydrogen-bond donors (Lipinski definition) is 5. The standard InChI is InChI=1S/C18H36O2.C7H6O2.Al.H3O4P.3H/c1-2-3-4-5-6-7-8-9-10-11-12-13-14-15-16-17-18(19)20;8-7(9)6-4-2-1-3-5-6;;1-5(2,3)4;;;/h2-17H2,1H3,(H,19,20);1-5H,(H,8,9);;(H3,1,2,3,4);;;. The number of benzene rings is 1. The van der Waals surface area contributed by atoms with E-state index in [0.717, 1.165) is 12.8 Å². The topological polar surface area (TPSA) is 152 Å². The van der Waals surface area contributed by atoms with Crippen molar-refractivity contribution in [3.05, 3.63) is 35.9 Å². The Hall–Kier alpha value is -1.20. The predicted octanol–water partition coefficient (Wildman–Crippen LogP) is 5.60. The molecule has 1 aromatic rings. The summed E-state index contributed by atoms with van der Waals surface area (Å²) >= 11 is 0. The lowest BCUT2D eigenvalue weighted by Crippen LogP contribution is -1.93. The molecular weight excluding hydrogens is 486 g/mol. The molecule has 35 heavy (non-hydrogen) atoms. The van der Waals surface area contributed by atoms with E-state index in [1.807, 2.05) is 0 Å². The molecule has 0 aliphatic heterocycles. The van der Waals surface area contributed by atoms with Crippen molar-refractivity contribution in [3.8, 4) is 0 Å². The molecule has 10 heteroatoms. The maximum absolute atomic E-state index is 10.3. The van der Waals surface area contributed by atoms with Crippen LogP contribution in [0.25, 0.3) is 0 Å². The highest BCUT2D eigenvalue weighted by Gasteiger charge is 2.00. The van der Waals surface area contributed by atoms with Crippen LogP contribution in [0.1, 0.15) is 120 Å². The molecule has 5 N–H and O–H groups in total. The summed E-state index contributed by atoms with van der Waals surface area (Å²) in [4.78, 5) is 42.1. The number of aromatic carboxylic acids is 1. The van der Waals surface area contributed by atoms with Crippen LogP contribution in [0, 0.1) is 0 Å². The third-order valence-electron chi connectivity index (χ3n) is 5.01. The van der Waals surface area contributed by atoms with Gasteiger partial charge in [-0.1, -0.05) is 115 Å². The predicted molar refractivity (Wildman–Crippen MR) is 145 cm³/mol. The molecule has 1 rings (SSSR count). The zero-order valence-corrected chi connectivity index (χ0v) is 21.5. The first-order chi connectivity index (χ1) is 16.1. The number of rotatable bonds is 17. The van der Waals surface area contributed by atoms with E-state index < -0.39 is 19.8 Å². The third-order valence-corrected chi connectivity index (χ3v) is 5.01. The van der Waals surface area contributed by atoms with E-state index in [4.69, 9.17) is 29.5 Å². The molecule has 0 aromatic heterocycles. The van der Waals surface area contributed by atoms with E-state index in [0.29, 0.717) is 12.0 Å². The van der Waals surface area contributed by atoms with E-state index in [1.54, 1.807) is 30.3 Å². The molecule has 0 saturated carbocycles. The van der Waals surface area contributed by atoms with E-state index in [9.17, 15) is 9.59 Å². The number of hydrogen-bond acceptors (Lipinski definition) is 3. The number of carboxylic acids is 2. The minimum absolute atomic E-state index is 0. The van der Waals surface area contributed by atoms with Crippen LogP contribution < -0.4 is 0 Å². The van der Waals surface area contributed by atoms with Crippen LogP contribution in [0.3, 0.4) is 0 Å². The van der Waals surface area contributed by atoms with E-state index in [-0.39, 0.29) is 17.4 Å². The highest BCUT2D eigenvalue weighted by molar-refractivity contribution is 7.45.